The Morgan fingerprint density at radius 3 is 2.64 bits per heavy atom. The molecule has 5 nitrogen and oxygen atoms in total. The van der Waals surface area contributed by atoms with Crippen molar-refractivity contribution in [3.05, 3.63) is 52.0 Å². The fraction of sp³-hybridized carbons (Fsp3) is 0.474. The maximum Gasteiger partial charge on any atom is 0.410 e. The van der Waals surface area contributed by atoms with Crippen molar-refractivity contribution in [1.29, 1.82) is 0 Å². The highest BCUT2D eigenvalue weighted by Crippen LogP contribution is 2.35. The summed E-state index contributed by atoms with van der Waals surface area (Å²) in [6, 6.07) is 9.68. The number of thiazole rings is 1. The molecular formula is C19H24N2O3S. The zero-order valence-corrected chi connectivity index (χ0v) is 15.3. The molecule has 1 aliphatic heterocycles. The predicted molar refractivity (Wildman–Crippen MR) is 97.5 cm³/mol. The van der Waals surface area contributed by atoms with Gasteiger partial charge in [-0.15, -0.1) is 11.3 Å². The molecule has 3 rings (SSSR count). The van der Waals surface area contributed by atoms with Gasteiger partial charge in [0.1, 0.15) is 6.61 Å². The second kappa shape index (κ2) is 7.97. The Labute approximate surface area is 152 Å². The van der Waals surface area contributed by atoms with E-state index < -0.39 is 0 Å². The van der Waals surface area contributed by atoms with Crippen LogP contribution in [0.4, 0.5) is 4.79 Å². The predicted octanol–water partition coefficient (Wildman–Crippen LogP) is 3.41. The number of nitrogens with zero attached hydrogens (tertiary/aromatic N) is 2. The molecule has 2 aromatic rings. The molecule has 1 aromatic carbocycles. The highest BCUT2D eigenvalue weighted by molar-refractivity contribution is 7.09. The minimum Gasteiger partial charge on any atom is -0.445 e. The summed E-state index contributed by atoms with van der Waals surface area (Å²) in [5.41, 5.74) is 1.84. The average Bonchev–Trinajstić information content (AvgIpc) is 3.05. The van der Waals surface area contributed by atoms with Crippen LogP contribution in [-0.2, 0) is 17.8 Å². The average molecular weight is 360 g/mol. The fourth-order valence-corrected chi connectivity index (χ4v) is 3.85. The number of rotatable bonds is 5. The Balaban J connectivity index is 1.52. The summed E-state index contributed by atoms with van der Waals surface area (Å²) in [6.45, 7) is 3.62. The molecule has 1 aliphatic rings. The summed E-state index contributed by atoms with van der Waals surface area (Å²) in [5.74, 6) is 0. The number of aryl methyl sites for hydroxylation is 1. The number of aromatic nitrogens is 1. The lowest BCUT2D eigenvalue weighted by molar-refractivity contribution is 0.0317. The number of hydrogen-bond donors (Lipinski definition) is 1. The van der Waals surface area contributed by atoms with E-state index in [1.165, 1.54) is 0 Å². The Bertz CT molecular complexity index is 694. The largest absolute Gasteiger partial charge is 0.445 e. The summed E-state index contributed by atoms with van der Waals surface area (Å²) in [6.07, 6.45) is 2.02. The van der Waals surface area contributed by atoms with Crippen LogP contribution in [0.15, 0.2) is 35.7 Å². The van der Waals surface area contributed by atoms with Gasteiger partial charge in [-0.05, 0) is 31.7 Å². The third-order valence-corrected chi connectivity index (χ3v) is 5.67. The number of benzene rings is 1. The topological polar surface area (TPSA) is 62.7 Å². The summed E-state index contributed by atoms with van der Waals surface area (Å²) in [4.78, 5) is 18.5. The zero-order valence-electron chi connectivity index (χ0n) is 14.5. The van der Waals surface area contributed by atoms with Crippen LogP contribution in [0.3, 0.4) is 0 Å². The number of ether oxygens (including phenoxy) is 1. The van der Waals surface area contributed by atoms with E-state index >= 15 is 0 Å². The lowest BCUT2D eigenvalue weighted by Crippen LogP contribution is -2.45. The van der Waals surface area contributed by atoms with Crippen LogP contribution in [-0.4, -0.2) is 40.8 Å². The standard InChI is InChI=1S/C19H24N2O3S/c1-15-20-17(13-25-15)11-19(14-22)7-9-21(10-8-19)18(23)24-12-16-5-3-2-4-6-16/h2-6,13,22H,7-12,14H2,1H3. The molecule has 0 bridgehead atoms. The Morgan fingerprint density at radius 2 is 2.04 bits per heavy atom. The lowest BCUT2D eigenvalue weighted by atomic mass is 9.75. The van der Waals surface area contributed by atoms with Gasteiger partial charge in [-0.2, -0.15) is 0 Å². The molecule has 134 valence electrons. The van der Waals surface area contributed by atoms with Gasteiger partial charge in [0.15, 0.2) is 0 Å². The molecule has 1 N–H and O–H groups in total. The highest BCUT2D eigenvalue weighted by atomic mass is 32.1. The van der Waals surface area contributed by atoms with Gasteiger partial charge in [-0.1, -0.05) is 30.3 Å². The normalized spacial score (nSPS) is 16.6. The number of aliphatic hydroxyl groups excluding tert-OH is 1. The Kier molecular flexibility index (Phi) is 5.71. The van der Waals surface area contributed by atoms with E-state index in [0.29, 0.717) is 19.7 Å². The molecule has 1 fully saturated rings. The van der Waals surface area contributed by atoms with Crippen LogP contribution in [0, 0.1) is 12.3 Å². The molecule has 1 saturated heterocycles. The second-order valence-electron chi connectivity index (χ2n) is 6.72. The summed E-state index contributed by atoms with van der Waals surface area (Å²) >= 11 is 1.63. The minimum atomic E-state index is -0.278. The summed E-state index contributed by atoms with van der Waals surface area (Å²) < 4.78 is 5.40. The first-order valence-corrected chi connectivity index (χ1v) is 9.46. The molecule has 25 heavy (non-hydrogen) atoms. The van der Waals surface area contributed by atoms with E-state index in [2.05, 4.69) is 10.4 Å². The number of hydrogen-bond acceptors (Lipinski definition) is 5. The number of aliphatic hydroxyl groups is 1. The molecule has 1 aromatic heterocycles. The van der Waals surface area contributed by atoms with E-state index in [1.807, 2.05) is 37.3 Å². The van der Waals surface area contributed by atoms with Gasteiger partial charge in [-0.3, -0.25) is 0 Å². The van der Waals surface area contributed by atoms with Gasteiger partial charge in [0.05, 0.1) is 10.7 Å². The maximum atomic E-state index is 12.3. The molecule has 0 atom stereocenters. The molecule has 0 saturated carbocycles. The van der Waals surface area contributed by atoms with Crippen LogP contribution >= 0.6 is 11.3 Å². The van der Waals surface area contributed by atoms with Crippen LogP contribution < -0.4 is 0 Å². The van der Waals surface area contributed by atoms with Crippen molar-refractivity contribution < 1.29 is 14.6 Å². The van der Waals surface area contributed by atoms with Crippen molar-refractivity contribution in [2.75, 3.05) is 19.7 Å². The molecule has 1 amide bonds. The third kappa shape index (κ3) is 4.58. The fourth-order valence-electron chi connectivity index (χ4n) is 3.24. The first-order chi connectivity index (χ1) is 12.1. The van der Waals surface area contributed by atoms with Gasteiger partial charge < -0.3 is 14.7 Å². The molecule has 0 spiro atoms. The molecular weight excluding hydrogens is 336 g/mol. The molecule has 0 unspecified atom stereocenters. The Morgan fingerprint density at radius 1 is 1.32 bits per heavy atom. The van der Waals surface area contributed by atoms with Crippen LogP contribution in [0.5, 0.6) is 0 Å². The number of carbonyl (C=O) groups excluding carboxylic acids is 1. The molecule has 0 aliphatic carbocycles. The van der Waals surface area contributed by atoms with Gasteiger partial charge in [0.25, 0.3) is 0 Å². The first kappa shape index (κ1) is 17.9. The second-order valence-corrected chi connectivity index (χ2v) is 7.78. The van der Waals surface area contributed by atoms with E-state index in [-0.39, 0.29) is 18.1 Å². The number of amides is 1. The van der Waals surface area contributed by atoms with Crippen molar-refractivity contribution in [2.45, 2.75) is 32.8 Å². The van der Waals surface area contributed by atoms with E-state index in [1.54, 1.807) is 16.2 Å². The SMILES string of the molecule is Cc1nc(CC2(CO)CCN(C(=O)OCc3ccccc3)CC2)cs1. The van der Waals surface area contributed by atoms with Crippen LogP contribution in [0.25, 0.3) is 0 Å². The molecule has 0 radical (unpaired) electrons. The van der Waals surface area contributed by atoms with Crippen molar-refractivity contribution in [1.82, 2.24) is 9.88 Å². The van der Waals surface area contributed by atoms with Gasteiger partial charge >= 0.3 is 6.09 Å². The maximum absolute atomic E-state index is 12.3. The van der Waals surface area contributed by atoms with Gasteiger partial charge in [0.2, 0.25) is 0 Å². The van der Waals surface area contributed by atoms with Crippen LogP contribution in [0.2, 0.25) is 0 Å². The zero-order chi connectivity index (χ0) is 17.7. The molecule has 2 heterocycles. The van der Waals surface area contributed by atoms with E-state index in [4.69, 9.17) is 4.74 Å². The minimum absolute atomic E-state index is 0.122. The molecule has 6 heteroatoms. The van der Waals surface area contributed by atoms with Gasteiger partial charge in [0, 0.05) is 30.5 Å². The quantitative estimate of drug-likeness (QED) is 0.888. The Hall–Kier alpha value is -1.92. The van der Waals surface area contributed by atoms with Crippen molar-refractivity contribution in [3.63, 3.8) is 0 Å². The highest BCUT2D eigenvalue weighted by Gasteiger charge is 2.36. The van der Waals surface area contributed by atoms with Crippen molar-refractivity contribution in [3.8, 4) is 0 Å². The van der Waals surface area contributed by atoms with Crippen molar-refractivity contribution >= 4 is 17.4 Å². The van der Waals surface area contributed by atoms with E-state index in [0.717, 1.165) is 35.5 Å². The summed E-state index contributed by atoms with van der Waals surface area (Å²) in [5, 5.41) is 13.0. The summed E-state index contributed by atoms with van der Waals surface area (Å²) in [7, 11) is 0. The monoisotopic (exact) mass is 360 g/mol. The number of carbonyl (C=O) groups is 1. The van der Waals surface area contributed by atoms with E-state index in [9.17, 15) is 9.90 Å². The first-order valence-electron chi connectivity index (χ1n) is 8.58. The van der Waals surface area contributed by atoms with Gasteiger partial charge in [-0.25, -0.2) is 9.78 Å². The lowest BCUT2D eigenvalue weighted by Gasteiger charge is -2.40. The number of likely N-dealkylation sites (tertiary alicyclic amines) is 1. The van der Waals surface area contributed by atoms with Crippen molar-refractivity contribution in [2.24, 2.45) is 5.41 Å². The van der Waals surface area contributed by atoms with Crippen LogP contribution in [0.1, 0.15) is 29.1 Å². The third-order valence-electron chi connectivity index (χ3n) is 4.85. The smallest absolute Gasteiger partial charge is 0.410 e. The number of piperidine rings is 1.